The van der Waals surface area contributed by atoms with Crippen LogP contribution >= 0.6 is 0 Å². The molecule has 1 aliphatic rings. The van der Waals surface area contributed by atoms with Crippen LogP contribution in [0.25, 0.3) is 10.9 Å². The van der Waals surface area contributed by atoms with Crippen LogP contribution in [0.15, 0.2) is 60.8 Å². The summed E-state index contributed by atoms with van der Waals surface area (Å²) in [6.45, 7) is 3.33. The Labute approximate surface area is 171 Å². The summed E-state index contributed by atoms with van der Waals surface area (Å²) in [7, 11) is 0. The van der Waals surface area contributed by atoms with Crippen molar-refractivity contribution < 1.29 is 14.3 Å². The second-order valence-corrected chi connectivity index (χ2v) is 7.53. The van der Waals surface area contributed by atoms with Gasteiger partial charge in [0.15, 0.2) is 0 Å². The van der Waals surface area contributed by atoms with Crippen LogP contribution in [0.4, 0.5) is 0 Å². The number of hydrogen-bond donors (Lipinski definition) is 1. The molecule has 0 atom stereocenters. The van der Waals surface area contributed by atoms with Gasteiger partial charge in [0, 0.05) is 30.2 Å². The summed E-state index contributed by atoms with van der Waals surface area (Å²) in [5, 5.41) is 1.13. The van der Waals surface area contributed by atoms with E-state index in [0.717, 1.165) is 42.4 Å². The topological polar surface area (TPSA) is 54.6 Å². The lowest BCUT2D eigenvalue weighted by atomic mass is 10.1. The highest BCUT2D eigenvalue weighted by atomic mass is 16.5. The number of likely N-dealkylation sites (tertiary alicyclic amines) is 1. The molecule has 1 N–H and O–H groups in total. The number of rotatable bonds is 8. The molecule has 1 amide bonds. The van der Waals surface area contributed by atoms with Crippen molar-refractivity contribution in [2.45, 2.75) is 32.0 Å². The van der Waals surface area contributed by atoms with Crippen LogP contribution in [0.1, 0.15) is 24.0 Å². The Morgan fingerprint density at radius 3 is 2.59 bits per heavy atom. The van der Waals surface area contributed by atoms with Crippen molar-refractivity contribution in [3.05, 3.63) is 71.9 Å². The molecular weight excluding hydrogens is 364 g/mol. The Morgan fingerprint density at radius 2 is 1.76 bits per heavy atom. The Morgan fingerprint density at radius 1 is 1.00 bits per heavy atom. The number of benzene rings is 2. The number of carbonyl (C=O) groups excluding carboxylic acids is 1. The molecule has 0 bridgehead atoms. The monoisotopic (exact) mass is 392 g/mol. The molecule has 0 unspecified atom stereocenters. The number of aromatic nitrogens is 1. The van der Waals surface area contributed by atoms with Crippen molar-refractivity contribution in [3.8, 4) is 0 Å². The third-order valence-corrected chi connectivity index (χ3v) is 5.50. The molecule has 0 aliphatic carbocycles. The van der Waals surface area contributed by atoms with Gasteiger partial charge >= 0.3 is 0 Å². The summed E-state index contributed by atoms with van der Waals surface area (Å²) < 4.78 is 11.6. The van der Waals surface area contributed by atoms with E-state index in [1.165, 1.54) is 5.56 Å². The van der Waals surface area contributed by atoms with Gasteiger partial charge < -0.3 is 19.4 Å². The molecule has 0 radical (unpaired) electrons. The fourth-order valence-electron chi connectivity index (χ4n) is 3.86. The maximum absolute atomic E-state index is 12.7. The predicted molar refractivity (Wildman–Crippen MR) is 114 cm³/mol. The maximum Gasteiger partial charge on any atom is 0.227 e. The van der Waals surface area contributed by atoms with Crippen molar-refractivity contribution >= 4 is 16.8 Å². The van der Waals surface area contributed by atoms with E-state index in [9.17, 15) is 4.79 Å². The van der Waals surface area contributed by atoms with Crippen LogP contribution < -0.4 is 0 Å². The summed E-state index contributed by atoms with van der Waals surface area (Å²) in [5.74, 6) is 0.194. The molecule has 152 valence electrons. The lowest BCUT2D eigenvalue weighted by Crippen LogP contribution is -2.41. The van der Waals surface area contributed by atoms with E-state index in [1.54, 1.807) is 0 Å². The highest BCUT2D eigenvalue weighted by Gasteiger charge is 2.23. The zero-order chi connectivity index (χ0) is 19.9. The standard InChI is InChI=1S/C24H28N2O3/c27-24(16-20-17-25-23-9-5-4-8-22(20)23)26-12-10-21(11-13-26)29-15-14-28-18-19-6-2-1-3-7-19/h1-9,17,21,25H,10-16,18H2. The minimum Gasteiger partial charge on any atom is -0.376 e. The van der Waals surface area contributed by atoms with E-state index in [-0.39, 0.29) is 12.0 Å². The molecule has 1 saturated heterocycles. The highest BCUT2D eigenvalue weighted by Crippen LogP contribution is 2.20. The summed E-state index contributed by atoms with van der Waals surface area (Å²) >= 11 is 0. The maximum atomic E-state index is 12.7. The van der Waals surface area contributed by atoms with Crippen molar-refractivity contribution in [3.63, 3.8) is 0 Å². The first-order valence-electron chi connectivity index (χ1n) is 10.4. The quantitative estimate of drug-likeness (QED) is 0.591. The zero-order valence-corrected chi connectivity index (χ0v) is 16.7. The normalized spacial score (nSPS) is 15.1. The predicted octanol–water partition coefficient (Wildman–Crippen LogP) is 3.93. The summed E-state index contributed by atoms with van der Waals surface area (Å²) in [5.41, 5.74) is 3.32. The van der Waals surface area contributed by atoms with Crippen molar-refractivity contribution in [1.29, 1.82) is 0 Å². The second kappa shape index (κ2) is 9.72. The fraction of sp³-hybridized carbons (Fsp3) is 0.375. The number of amides is 1. The van der Waals surface area contributed by atoms with Crippen molar-refractivity contribution in [2.75, 3.05) is 26.3 Å². The van der Waals surface area contributed by atoms with Crippen molar-refractivity contribution in [1.82, 2.24) is 9.88 Å². The highest BCUT2D eigenvalue weighted by molar-refractivity contribution is 5.88. The lowest BCUT2D eigenvalue weighted by Gasteiger charge is -2.32. The van der Waals surface area contributed by atoms with Gasteiger partial charge in [0.25, 0.3) is 0 Å². The third-order valence-electron chi connectivity index (χ3n) is 5.50. The largest absolute Gasteiger partial charge is 0.376 e. The number of aromatic amines is 1. The van der Waals surface area contributed by atoms with Gasteiger partial charge in [-0.1, -0.05) is 48.5 Å². The van der Waals surface area contributed by atoms with E-state index in [2.05, 4.69) is 23.2 Å². The average molecular weight is 392 g/mol. The number of piperidine rings is 1. The van der Waals surface area contributed by atoms with Gasteiger partial charge in [0.2, 0.25) is 5.91 Å². The molecule has 0 saturated carbocycles. The Balaban J connectivity index is 1.15. The lowest BCUT2D eigenvalue weighted by molar-refractivity contribution is -0.133. The van der Waals surface area contributed by atoms with Crippen molar-refractivity contribution in [2.24, 2.45) is 0 Å². The third kappa shape index (κ3) is 5.25. The zero-order valence-electron chi connectivity index (χ0n) is 16.7. The average Bonchev–Trinajstić information content (AvgIpc) is 3.17. The summed E-state index contributed by atoms with van der Waals surface area (Å²) in [4.78, 5) is 17.9. The van der Waals surface area contributed by atoms with E-state index in [0.29, 0.717) is 26.2 Å². The molecule has 1 fully saturated rings. The number of nitrogens with one attached hydrogen (secondary N) is 1. The molecule has 4 rings (SSSR count). The van der Waals surface area contributed by atoms with Gasteiger partial charge in [-0.3, -0.25) is 4.79 Å². The number of nitrogens with zero attached hydrogens (tertiary/aromatic N) is 1. The molecule has 3 aromatic rings. The Kier molecular flexibility index (Phi) is 6.60. The Hall–Kier alpha value is -2.63. The first-order chi connectivity index (χ1) is 14.3. The number of hydrogen-bond acceptors (Lipinski definition) is 3. The number of para-hydroxylation sites is 1. The smallest absolute Gasteiger partial charge is 0.227 e. The molecular formula is C24H28N2O3. The van der Waals surface area contributed by atoms with Crippen LogP contribution in [-0.2, 0) is 27.3 Å². The van der Waals surface area contributed by atoms with Gasteiger partial charge in [-0.2, -0.15) is 0 Å². The SMILES string of the molecule is O=C(Cc1c[nH]c2ccccc12)N1CCC(OCCOCc2ccccc2)CC1. The minimum atomic E-state index is 0.194. The molecule has 1 aromatic heterocycles. The molecule has 5 nitrogen and oxygen atoms in total. The van der Waals surface area contributed by atoms with Gasteiger partial charge in [0.1, 0.15) is 0 Å². The number of ether oxygens (including phenoxy) is 2. The first kappa shape index (κ1) is 19.7. The number of H-pyrrole nitrogens is 1. The molecule has 29 heavy (non-hydrogen) atoms. The number of fused-ring (bicyclic) bond motifs is 1. The number of carbonyl (C=O) groups is 1. The van der Waals surface area contributed by atoms with E-state index in [4.69, 9.17) is 9.47 Å². The van der Waals surface area contributed by atoms with E-state index < -0.39 is 0 Å². The van der Waals surface area contributed by atoms with Crippen LogP contribution in [0.3, 0.4) is 0 Å². The fourth-order valence-corrected chi connectivity index (χ4v) is 3.86. The minimum absolute atomic E-state index is 0.194. The van der Waals surface area contributed by atoms with Crippen LogP contribution in [0.5, 0.6) is 0 Å². The Bertz CT molecular complexity index is 914. The molecule has 2 heterocycles. The summed E-state index contributed by atoms with van der Waals surface area (Å²) in [6, 6.07) is 18.3. The van der Waals surface area contributed by atoms with Gasteiger partial charge in [-0.25, -0.2) is 0 Å². The van der Waals surface area contributed by atoms with Gasteiger partial charge in [0.05, 0.1) is 32.3 Å². The second-order valence-electron chi connectivity index (χ2n) is 7.53. The summed E-state index contributed by atoms with van der Waals surface area (Å²) in [6.07, 6.45) is 4.39. The molecule has 1 aliphatic heterocycles. The molecule has 0 spiro atoms. The van der Waals surface area contributed by atoms with Crippen LogP contribution in [-0.4, -0.2) is 48.2 Å². The van der Waals surface area contributed by atoms with E-state index in [1.807, 2.05) is 47.5 Å². The van der Waals surface area contributed by atoms with Gasteiger partial charge in [-0.15, -0.1) is 0 Å². The van der Waals surface area contributed by atoms with E-state index >= 15 is 0 Å². The molecule has 5 heteroatoms. The van der Waals surface area contributed by atoms with Gasteiger partial charge in [-0.05, 0) is 30.0 Å². The first-order valence-corrected chi connectivity index (χ1v) is 10.4. The molecule has 2 aromatic carbocycles. The van der Waals surface area contributed by atoms with Crippen LogP contribution in [0.2, 0.25) is 0 Å². The van der Waals surface area contributed by atoms with Crippen LogP contribution in [0, 0.1) is 0 Å².